The lowest BCUT2D eigenvalue weighted by Gasteiger charge is -2.24. The number of carbonyl (C=O) groups excluding carboxylic acids is 4. The minimum atomic E-state index is -0.944. The van der Waals surface area contributed by atoms with E-state index in [1.54, 1.807) is 20.8 Å². The van der Waals surface area contributed by atoms with Crippen LogP contribution >= 0.6 is 11.8 Å². The van der Waals surface area contributed by atoms with E-state index in [0.717, 1.165) is 11.1 Å². The van der Waals surface area contributed by atoms with Crippen LogP contribution in [0.1, 0.15) is 38.3 Å². The van der Waals surface area contributed by atoms with Gasteiger partial charge >= 0.3 is 24.1 Å². The van der Waals surface area contributed by atoms with Crippen LogP contribution in [0, 0.1) is 5.92 Å². The molecule has 2 aromatic carbocycles. The van der Waals surface area contributed by atoms with Crippen LogP contribution in [0.2, 0.25) is 0 Å². The molecule has 0 aromatic heterocycles. The van der Waals surface area contributed by atoms with E-state index in [2.05, 4.69) is 10.6 Å². The van der Waals surface area contributed by atoms with Gasteiger partial charge in [-0.25, -0.2) is 14.4 Å². The highest BCUT2D eigenvalue weighted by Crippen LogP contribution is 2.28. The van der Waals surface area contributed by atoms with E-state index in [-0.39, 0.29) is 18.3 Å². The van der Waals surface area contributed by atoms with Gasteiger partial charge in [0.15, 0.2) is 0 Å². The Labute approximate surface area is 244 Å². The number of rotatable bonds is 12. The maximum absolute atomic E-state index is 12.8. The highest BCUT2D eigenvalue weighted by molar-refractivity contribution is 7.99. The third kappa shape index (κ3) is 11.0. The Kier molecular flexibility index (Phi) is 11.9. The molecule has 2 amide bonds. The van der Waals surface area contributed by atoms with E-state index in [4.69, 9.17) is 18.9 Å². The summed E-state index contributed by atoms with van der Waals surface area (Å²) in [6.07, 6.45) is -1.07. The molecule has 1 aliphatic heterocycles. The minimum absolute atomic E-state index is 0.118. The summed E-state index contributed by atoms with van der Waals surface area (Å²) in [5.41, 5.74) is 1.11. The molecule has 0 spiro atoms. The molecule has 10 nitrogen and oxygen atoms in total. The Morgan fingerprint density at radius 3 is 2.22 bits per heavy atom. The first kappa shape index (κ1) is 31.8. The number of alkyl carbamates (subject to hydrolysis) is 2. The monoisotopic (exact) mass is 586 g/mol. The number of hydrogen-bond acceptors (Lipinski definition) is 9. The van der Waals surface area contributed by atoms with E-state index in [1.165, 1.54) is 18.9 Å². The molecule has 2 N–H and O–H groups in total. The fourth-order valence-electron chi connectivity index (χ4n) is 4.20. The van der Waals surface area contributed by atoms with Crippen molar-refractivity contribution in [3.63, 3.8) is 0 Å². The molecule has 2 aromatic rings. The zero-order valence-corrected chi connectivity index (χ0v) is 24.6. The van der Waals surface area contributed by atoms with Crippen LogP contribution in [-0.4, -0.2) is 66.5 Å². The van der Waals surface area contributed by atoms with Crippen LogP contribution in [0.25, 0.3) is 0 Å². The molecule has 0 aliphatic carbocycles. The van der Waals surface area contributed by atoms with Gasteiger partial charge in [0.25, 0.3) is 0 Å². The van der Waals surface area contributed by atoms with E-state index in [0.29, 0.717) is 18.6 Å². The van der Waals surface area contributed by atoms with Crippen molar-refractivity contribution in [2.24, 2.45) is 5.92 Å². The molecular formula is C30H38N2O8S. The number of nitrogens with one attached hydrogen (secondary N) is 2. The van der Waals surface area contributed by atoms with Crippen LogP contribution in [0.15, 0.2) is 60.7 Å². The molecule has 1 heterocycles. The largest absolute Gasteiger partial charge is 0.467 e. The highest BCUT2D eigenvalue weighted by Gasteiger charge is 2.40. The van der Waals surface area contributed by atoms with E-state index in [9.17, 15) is 19.2 Å². The third-order valence-electron chi connectivity index (χ3n) is 6.16. The van der Waals surface area contributed by atoms with Crippen molar-refractivity contribution in [2.45, 2.75) is 64.0 Å². The van der Waals surface area contributed by atoms with Gasteiger partial charge in [0.1, 0.15) is 24.4 Å². The summed E-state index contributed by atoms with van der Waals surface area (Å²) in [5, 5.41) is 5.41. The first-order chi connectivity index (χ1) is 19.5. The van der Waals surface area contributed by atoms with Gasteiger partial charge in [0.05, 0.1) is 19.1 Å². The number of methoxy groups -OCH3 is 1. The van der Waals surface area contributed by atoms with E-state index < -0.39 is 47.9 Å². The average molecular weight is 587 g/mol. The fraction of sp³-hybridized carbons (Fsp3) is 0.467. The Morgan fingerprint density at radius 1 is 0.976 bits per heavy atom. The summed E-state index contributed by atoms with van der Waals surface area (Å²) < 4.78 is 21.2. The fourth-order valence-corrected chi connectivity index (χ4v) is 5.35. The Morgan fingerprint density at radius 2 is 1.61 bits per heavy atom. The average Bonchev–Trinajstić information content (AvgIpc) is 3.30. The normalized spacial score (nSPS) is 18.0. The lowest BCUT2D eigenvalue weighted by Crippen LogP contribution is -2.45. The highest BCUT2D eigenvalue weighted by atomic mass is 32.2. The molecule has 4 atom stereocenters. The first-order valence-electron chi connectivity index (χ1n) is 13.4. The number of cyclic esters (lactones) is 1. The predicted octanol–water partition coefficient (Wildman–Crippen LogP) is 4.26. The lowest BCUT2D eigenvalue weighted by atomic mass is 9.96. The molecule has 1 fully saturated rings. The van der Waals surface area contributed by atoms with Gasteiger partial charge < -0.3 is 29.6 Å². The van der Waals surface area contributed by atoms with Crippen LogP contribution in [0.3, 0.4) is 0 Å². The maximum atomic E-state index is 12.8. The maximum Gasteiger partial charge on any atom is 0.408 e. The van der Waals surface area contributed by atoms with Crippen molar-refractivity contribution in [1.82, 2.24) is 10.6 Å². The van der Waals surface area contributed by atoms with Gasteiger partial charge in [0.2, 0.25) is 0 Å². The lowest BCUT2D eigenvalue weighted by molar-refractivity contribution is -0.144. The number of thioether (sulfide) groups is 1. The zero-order valence-electron chi connectivity index (χ0n) is 23.8. The van der Waals surface area contributed by atoms with Gasteiger partial charge in [-0.2, -0.15) is 11.8 Å². The van der Waals surface area contributed by atoms with Crippen LogP contribution in [0.5, 0.6) is 0 Å². The summed E-state index contributed by atoms with van der Waals surface area (Å²) in [4.78, 5) is 49.9. The van der Waals surface area contributed by atoms with Crippen molar-refractivity contribution in [2.75, 3.05) is 18.6 Å². The summed E-state index contributed by atoms with van der Waals surface area (Å²) in [5.74, 6) is -0.913. The summed E-state index contributed by atoms with van der Waals surface area (Å²) in [6, 6.07) is 17.5. The minimum Gasteiger partial charge on any atom is -0.467 e. The number of hydrogen-bond donors (Lipinski definition) is 2. The number of benzene rings is 2. The van der Waals surface area contributed by atoms with Crippen molar-refractivity contribution in [1.29, 1.82) is 0 Å². The summed E-state index contributed by atoms with van der Waals surface area (Å²) in [7, 11) is 1.24. The number of ether oxygens (including phenoxy) is 4. The van der Waals surface area contributed by atoms with E-state index in [1.807, 2.05) is 60.7 Å². The standard InChI is InChI=1S/C30H38N2O8S/c1-30(2,3)40-29(36)32-24(27(34)37-4)19-41-18-22-16-25(39-26(22)33)23(15-20-11-7-5-8-12-20)31-28(35)38-17-21-13-9-6-10-14-21/h5-14,22-25H,15-19H2,1-4H3,(H,31,35)(H,32,36)/t22-,23-,24-,25-/m0/s1. The van der Waals surface area contributed by atoms with Crippen LogP contribution < -0.4 is 10.6 Å². The molecule has 0 saturated carbocycles. The Hall–Kier alpha value is -3.73. The van der Waals surface area contributed by atoms with Gasteiger partial charge in [-0.05, 0) is 38.3 Å². The van der Waals surface area contributed by atoms with Crippen molar-refractivity contribution < 1.29 is 38.1 Å². The summed E-state index contributed by atoms with van der Waals surface area (Å²) in [6.45, 7) is 5.28. The summed E-state index contributed by atoms with van der Waals surface area (Å²) >= 11 is 1.32. The number of carbonyl (C=O) groups is 4. The SMILES string of the molecule is COC(=O)[C@H](CSC[C@@H]1C[C@@H]([C@H](Cc2ccccc2)NC(=O)OCc2ccccc2)OC1=O)NC(=O)OC(C)(C)C. The topological polar surface area (TPSA) is 129 Å². The van der Waals surface area contributed by atoms with Crippen LogP contribution in [0.4, 0.5) is 9.59 Å². The molecule has 222 valence electrons. The van der Waals surface area contributed by atoms with Crippen molar-refractivity contribution >= 4 is 35.9 Å². The Bertz CT molecular complexity index is 1160. The molecule has 1 saturated heterocycles. The van der Waals surface area contributed by atoms with Crippen molar-refractivity contribution in [3.05, 3.63) is 71.8 Å². The zero-order chi connectivity index (χ0) is 29.8. The second kappa shape index (κ2) is 15.3. The van der Waals surface area contributed by atoms with Crippen molar-refractivity contribution in [3.8, 4) is 0 Å². The second-order valence-electron chi connectivity index (χ2n) is 10.7. The van der Waals surface area contributed by atoms with E-state index >= 15 is 0 Å². The Balaban J connectivity index is 1.58. The number of esters is 2. The molecule has 0 radical (unpaired) electrons. The molecule has 1 aliphatic rings. The number of amides is 2. The van der Waals surface area contributed by atoms with Gasteiger partial charge in [-0.15, -0.1) is 0 Å². The molecule has 0 unspecified atom stereocenters. The molecule has 11 heteroatoms. The third-order valence-corrected chi connectivity index (χ3v) is 7.37. The smallest absolute Gasteiger partial charge is 0.408 e. The molecule has 3 rings (SSSR count). The van der Waals surface area contributed by atoms with Gasteiger partial charge in [-0.3, -0.25) is 4.79 Å². The quantitative estimate of drug-likeness (QED) is 0.277. The predicted molar refractivity (Wildman–Crippen MR) is 154 cm³/mol. The molecular weight excluding hydrogens is 548 g/mol. The van der Waals surface area contributed by atoms with Crippen LogP contribution in [-0.2, 0) is 41.6 Å². The first-order valence-corrected chi connectivity index (χ1v) is 14.6. The second-order valence-corrected chi connectivity index (χ2v) is 11.7. The molecule has 41 heavy (non-hydrogen) atoms. The van der Waals surface area contributed by atoms with Gasteiger partial charge in [0, 0.05) is 17.9 Å². The molecule has 0 bridgehead atoms. The van der Waals surface area contributed by atoms with Gasteiger partial charge in [-0.1, -0.05) is 60.7 Å².